The number of hydrogen-bond acceptors (Lipinski definition) is 5. The van der Waals surface area contributed by atoms with Crippen molar-refractivity contribution in [2.75, 3.05) is 19.8 Å². The van der Waals surface area contributed by atoms with Crippen LogP contribution in [-0.4, -0.2) is 53.3 Å². The normalized spacial score (nSPS) is 18.4. The highest BCUT2D eigenvalue weighted by Gasteiger charge is 2.39. The van der Waals surface area contributed by atoms with Gasteiger partial charge in [0, 0.05) is 42.7 Å². The number of pyridine rings is 1. The number of piperidine rings is 1. The van der Waals surface area contributed by atoms with Crippen molar-refractivity contribution < 1.29 is 23.5 Å². The Balaban J connectivity index is 1.44. The van der Waals surface area contributed by atoms with Gasteiger partial charge in [0.1, 0.15) is 11.3 Å². The quantitative estimate of drug-likeness (QED) is 0.251. The molecule has 2 amide bonds. The summed E-state index contributed by atoms with van der Waals surface area (Å²) in [4.78, 5) is 47.8. The first-order valence-electron chi connectivity index (χ1n) is 15.4. The van der Waals surface area contributed by atoms with E-state index in [1.165, 1.54) is 6.07 Å². The van der Waals surface area contributed by atoms with Crippen LogP contribution in [0.15, 0.2) is 78.9 Å². The molecule has 3 heterocycles. The summed E-state index contributed by atoms with van der Waals surface area (Å²) >= 11 is 0. The highest BCUT2D eigenvalue weighted by molar-refractivity contribution is 6.37. The van der Waals surface area contributed by atoms with E-state index in [2.05, 4.69) is 5.32 Å². The third kappa shape index (κ3) is 5.86. The van der Waals surface area contributed by atoms with Gasteiger partial charge in [-0.3, -0.25) is 14.4 Å². The van der Waals surface area contributed by atoms with E-state index in [-0.39, 0.29) is 35.5 Å². The Bertz CT molecular complexity index is 1670. The molecular formula is C36H36FN3O4. The van der Waals surface area contributed by atoms with Crippen molar-refractivity contribution in [2.24, 2.45) is 5.92 Å². The Hall–Kier alpha value is -4.43. The van der Waals surface area contributed by atoms with Gasteiger partial charge < -0.3 is 15.0 Å². The fourth-order valence-electron chi connectivity index (χ4n) is 6.55. The van der Waals surface area contributed by atoms with Gasteiger partial charge in [-0.15, -0.1) is 0 Å². The maximum atomic E-state index is 15.3. The number of likely N-dealkylation sites (tertiary alicyclic amines) is 1. The lowest BCUT2D eigenvalue weighted by molar-refractivity contribution is -0.153. The van der Waals surface area contributed by atoms with E-state index in [0.29, 0.717) is 67.6 Å². The molecule has 7 nitrogen and oxygen atoms in total. The average molecular weight is 594 g/mol. The molecule has 2 fully saturated rings. The van der Waals surface area contributed by atoms with Crippen LogP contribution in [0.3, 0.4) is 0 Å². The van der Waals surface area contributed by atoms with E-state index in [1.807, 2.05) is 67.6 Å². The fourth-order valence-corrected chi connectivity index (χ4v) is 6.55. The molecule has 1 N–H and O–H groups in total. The number of nitrogens with zero attached hydrogens (tertiary/aromatic N) is 2. The molecule has 0 radical (unpaired) electrons. The molecule has 3 aromatic carbocycles. The van der Waals surface area contributed by atoms with Gasteiger partial charge in [0.25, 0.3) is 11.8 Å². The van der Waals surface area contributed by atoms with Gasteiger partial charge >= 0.3 is 0 Å². The zero-order valence-electron chi connectivity index (χ0n) is 24.8. The van der Waals surface area contributed by atoms with Crippen molar-refractivity contribution in [1.29, 1.82) is 0 Å². The Morgan fingerprint density at radius 1 is 0.977 bits per heavy atom. The minimum absolute atomic E-state index is 0.00311. The Morgan fingerprint density at radius 3 is 2.39 bits per heavy atom. The van der Waals surface area contributed by atoms with E-state index in [0.717, 1.165) is 5.56 Å². The van der Waals surface area contributed by atoms with Crippen LogP contribution in [0.1, 0.15) is 60.1 Å². The molecule has 0 spiro atoms. The van der Waals surface area contributed by atoms with Crippen molar-refractivity contribution in [3.8, 4) is 11.3 Å². The largest absolute Gasteiger partial charge is 0.381 e. The van der Waals surface area contributed by atoms with E-state index in [1.54, 1.807) is 17.0 Å². The number of carbonyl (C=O) groups excluding carboxylic acids is 3. The number of halogens is 1. The summed E-state index contributed by atoms with van der Waals surface area (Å²) < 4.78 is 20.8. The summed E-state index contributed by atoms with van der Waals surface area (Å²) in [6.45, 7) is 3.61. The number of aromatic nitrogens is 1. The molecule has 2 unspecified atom stereocenters. The first kappa shape index (κ1) is 29.6. The van der Waals surface area contributed by atoms with Crippen molar-refractivity contribution in [3.63, 3.8) is 0 Å². The third-order valence-electron chi connectivity index (χ3n) is 8.90. The summed E-state index contributed by atoms with van der Waals surface area (Å²) in [5.74, 6) is -2.47. The van der Waals surface area contributed by atoms with Gasteiger partial charge in [-0.1, -0.05) is 79.7 Å². The predicted octanol–water partition coefficient (Wildman–Crippen LogP) is 6.06. The highest BCUT2D eigenvalue weighted by Crippen LogP contribution is 2.35. The molecule has 2 aliphatic heterocycles. The Kier molecular flexibility index (Phi) is 8.79. The second-order valence-electron chi connectivity index (χ2n) is 11.6. The van der Waals surface area contributed by atoms with Crippen LogP contribution in [0.5, 0.6) is 0 Å². The average Bonchev–Trinajstić information content (AvgIpc) is 3.06. The number of para-hydroxylation sites is 1. The molecule has 2 atom stereocenters. The molecule has 2 saturated heterocycles. The van der Waals surface area contributed by atoms with Gasteiger partial charge in [-0.25, -0.2) is 9.37 Å². The molecular weight excluding hydrogens is 557 g/mol. The number of Topliss-reactive ketones (excluding diaryl/α,β-unsaturated/α-hetero) is 1. The lowest BCUT2D eigenvalue weighted by atomic mass is 9.83. The SMILES string of the molecule is CCC(NC(=O)c1c(CC2CCN(C3CCOCC3)C(=O)C2=O)c(-c2ccccc2)nc2c(F)cccc12)c1ccccc1. The zero-order valence-corrected chi connectivity index (χ0v) is 24.8. The number of fused-ring (bicyclic) bond motifs is 1. The summed E-state index contributed by atoms with van der Waals surface area (Å²) in [6.07, 6.45) is 2.69. The Labute approximate surface area is 256 Å². The molecule has 226 valence electrons. The van der Waals surface area contributed by atoms with Crippen molar-refractivity contribution in [3.05, 3.63) is 101 Å². The lowest BCUT2D eigenvalue weighted by Gasteiger charge is -2.38. The molecule has 1 aromatic heterocycles. The number of carbonyl (C=O) groups is 3. The minimum atomic E-state index is -0.628. The number of hydrogen-bond donors (Lipinski definition) is 1. The van der Waals surface area contributed by atoms with Crippen molar-refractivity contribution in [2.45, 2.75) is 51.1 Å². The smallest absolute Gasteiger partial charge is 0.290 e. The van der Waals surface area contributed by atoms with Crippen LogP contribution in [-0.2, 0) is 20.7 Å². The molecule has 6 rings (SSSR count). The third-order valence-corrected chi connectivity index (χ3v) is 8.90. The molecule has 2 aliphatic rings. The molecule has 0 aliphatic carbocycles. The maximum Gasteiger partial charge on any atom is 0.290 e. The van der Waals surface area contributed by atoms with Crippen LogP contribution >= 0.6 is 0 Å². The number of benzene rings is 3. The van der Waals surface area contributed by atoms with E-state index >= 15 is 4.39 Å². The second-order valence-corrected chi connectivity index (χ2v) is 11.6. The van der Waals surface area contributed by atoms with Crippen molar-refractivity contribution >= 4 is 28.5 Å². The highest BCUT2D eigenvalue weighted by atomic mass is 19.1. The Morgan fingerprint density at radius 2 is 1.68 bits per heavy atom. The van der Waals surface area contributed by atoms with Crippen LogP contribution in [0.2, 0.25) is 0 Å². The predicted molar refractivity (Wildman–Crippen MR) is 166 cm³/mol. The first-order chi connectivity index (χ1) is 21.5. The van der Waals surface area contributed by atoms with Crippen molar-refractivity contribution in [1.82, 2.24) is 15.2 Å². The molecule has 8 heteroatoms. The summed E-state index contributed by atoms with van der Waals surface area (Å²) in [7, 11) is 0. The monoisotopic (exact) mass is 593 g/mol. The van der Waals surface area contributed by atoms with Gasteiger partial charge in [-0.05, 0) is 49.3 Å². The van der Waals surface area contributed by atoms with Crippen LogP contribution in [0.25, 0.3) is 22.2 Å². The van der Waals surface area contributed by atoms with Gasteiger partial charge in [0.05, 0.1) is 17.3 Å². The molecule has 44 heavy (non-hydrogen) atoms. The molecule has 0 bridgehead atoms. The zero-order chi connectivity index (χ0) is 30.6. The van der Waals surface area contributed by atoms with Gasteiger partial charge in [-0.2, -0.15) is 0 Å². The second kappa shape index (κ2) is 13.1. The van der Waals surface area contributed by atoms with Crippen LogP contribution < -0.4 is 5.32 Å². The topological polar surface area (TPSA) is 88.6 Å². The van der Waals surface area contributed by atoms with E-state index in [4.69, 9.17) is 9.72 Å². The summed E-state index contributed by atoms with van der Waals surface area (Å²) in [6, 6.07) is 23.3. The fraction of sp³-hybridized carbons (Fsp3) is 0.333. The minimum Gasteiger partial charge on any atom is -0.381 e. The van der Waals surface area contributed by atoms with Crippen LogP contribution in [0.4, 0.5) is 4.39 Å². The van der Waals surface area contributed by atoms with Crippen LogP contribution in [0, 0.1) is 11.7 Å². The standard InChI is InChI=1S/C36H36FN3O4/c1-2-30(23-10-5-3-6-11-23)38-35(42)31-27-14-9-15-29(37)33(27)39-32(24-12-7-4-8-13-24)28(31)22-25-16-19-40(36(43)34(25)41)26-17-20-44-21-18-26/h3-15,25-26,30H,2,16-22H2,1H3,(H,38,42). The first-order valence-corrected chi connectivity index (χ1v) is 15.4. The van der Waals surface area contributed by atoms with Gasteiger partial charge in [0.2, 0.25) is 5.78 Å². The number of nitrogens with one attached hydrogen (secondary N) is 1. The number of rotatable bonds is 8. The summed E-state index contributed by atoms with van der Waals surface area (Å²) in [5, 5.41) is 3.55. The maximum absolute atomic E-state index is 15.3. The lowest BCUT2D eigenvalue weighted by Crippen LogP contribution is -2.52. The van der Waals surface area contributed by atoms with Gasteiger partial charge in [0.15, 0.2) is 0 Å². The van der Waals surface area contributed by atoms with E-state index in [9.17, 15) is 14.4 Å². The number of amides is 2. The molecule has 4 aromatic rings. The van der Waals surface area contributed by atoms with E-state index < -0.39 is 23.4 Å². The summed E-state index contributed by atoms with van der Waals surface area (Å²) in [5.41, 5.74) is 3.02. The molecule has 0 saturated carbocycles. The number of ketones is 1. The number of ether oxygens (including phenoxy) is 1.